The van der Waals surface area contributed by atoms with Gasteiger partial charge in [0.2, 0.25) is 15.2 Å². The van der Waals surface area contributed by atoms with Gasteiger partial charge in [-0.15, -0.1) is 11.3 Å². The van der Waals surface area contributed by atoms with Crippen molar-refractivity contribution in [3.8, 4) is 11.1 Å². The molecule has 1 aliphatic rings. The van der Waals surface area contributed by atoms with E-state index in [1.807, 2.05) is 31.2 Å². The summed E-state index contributed by atoms with van der Waals surface area (Å²) in [5, 5.41) is 16.4. The van der Waals surface area contributed by atoms with Crippen LogP contribution in [0.5, 0.6) is 0 Å². The van der Waals surface area contributed by atoms with E-state index in [-0.39, 0.29) is 16.4 Å². The molecule has 0 radical (unpaired) electrons. The van der Waals surface area contributed by atoms with Crippen LogP contribution >= 0.6 is 11.3 Å². The minimum Gasteiger partial charge on any atom is -0.476 e. The summed E-state index contributed by atoms with van der Waals surface area (Å²) in [6, 6.07) is 18.4. The number of carbonyl (C=O) groups is 1. The third-order valence-corrected chi connectivity index (χ3v) is 8.64. The zero-order valence-electron chi connectivity index (χ0n) is 22.7. The molecular weight excluding hydrogens is 575 g/mol. The monoisotopic (exact) mass is 604 g/mol. The van der Waals surface area contributed by atoms with E-state index < -0.39 is 16.0 Å². The van der Waals surface area contributed by atoms with Gasteiger partial charge in [-0.2, -0.15) is 0 Å². The molecule has 1 aliphatic carbocycles. The molecule has 42 heavy (non-hydrogen) atoms. The molecule has 216 valence electrons. The molecule has 5 rings (SSSR count). The zero-order chi connectivity index (χ0) is 30.0. The number of hydrogen-bond acceptors (Lipinski definition) is 7. The van der Waals surface area contributed by atoms with Crippen molar-refractivity contribution in [1.29, 1.82) is 0 Å². The number of hydrogen-bond donors (Lipinski definition) is 3. The number of nitrogens with zero attached hydrogens (tertiary/aromatic N) is 2. The highest BCUT2D eigenvalue weighted by Gasteiger charge is 2.27. The molecule has 1 heterocycles. The van der Waals surface area contributed by atoms with Crippen molar-refractivity contribution in [2.24, 2.45) is 21.8 Å². The van der Waals surface area contributed by atoms with E-state index in [1.165, 1.54) is 29.6 Å². The molecule has 0 spiro atoms. The van der Waals surface area contributed by atoms with E-state index >= 15 is 0 Å². The topological polar surface area (TPSA) is 149 Å². The maximum Gasteiger partial charge on any atom is 0.355 e. The van der Waals surface area contributed by atoms with Crippen LogP contribution in [0.4, 0.5) is 9.52 Å². The Hall–Kier alpha value is -4.19. The molecule has 1 saturated carbocycles. The lowest BCUT2D eigenvalue weighted by atomic mass is 9.91. The van der Waals surface area contributed by atoms with Crippen LogP contribution in [0.1, 0.15) is 46.4 Å². The highest BCUT2D eigenvalue weighted by Crippen LogP contribution is 2.37. The summed E-state index contributed by atoms with van der Waals surface area (Å²) in [7, 11) is -3.86. The van der Waals surface area contributed by atoms with E-state index in [2.05, 4.69) is 4.98 Å². The van der Waals surface area contributed by atoms with E-state index in [0.29, 0.717) is 46.4 Å². The summed E-state index contributed by atoms with van der Waals surface area (Å²) in [5.74, 6) is -1.06. The molecule has 0 bridgehead atoms. The number of aryl methyl sites for hydroxylation is 1. The van der Waals surface area contributed by atoms with Crippen LogP contribution in [0, 0.1) is 18.7 Å². The number of allylic oxidation sites excluding steroid dienone is 1. The van der Waals surface area contributed by atoms with Crippen molar-refractivity contribution in [3.63, 3.8) is 0 Å². The Balaban J connectivity index is 1.65. The van der Waals surface area contributed by atoms with Gasteiger partial charge in [0.15, 0.2) is 5.69 Å². The predicted octanol–water partition coefficient (Wildman–Crippen LogP) is 6.09. The molecule has 0 aliphatic heterocycles. The van der Waals surface area contributed by atoms with E-state index in [1.54, 1.807) is 18.2 Å². The average molecular weight is 605 g/mol. The summed E-state index contributed by atoms with van der Waals surface area (Å²) in [5.41, 5.74) is 12.7. The van der Waals surface area contributed by atoms with E-state index in [9.17, 15) is 22.7 Å². The Labute approximate surface area is 247 Å². The second-order valence-corrected chi connectivity index (χ2v) is 12.8. The first-order valence-corrected chi connectivity index (χ1v) is 15.6. The van der Waals surface area contributed by atoms with Gasteiger partial charge in [-0.1, -0.05) is 30.3 Å². The highest BCUT2D eigenvalue weighted by atomic mass is 32.2. The van der Waals surface area contributed by atoms with Crippen LogP contribution < -0.4 is 10.9 Å². The van der Waals surface area contributed by atoms with E-state index in [4.69, 9.17) is 15.9 Å². The number of thiazole rings is 1. The van der Waals surface area contributed by atoms with Crippen LogP contribution in [0.3, 0.4) is 0 Å². The zero-order valence-corrected chi connectivity index (χ0v) is 24.4. The highest BCUT2D eigenvalue weighted by molar-refractivity contribution is 7.89. The minimum absolute atomic E-state index is 0.000901. The first-order valence-electron chi connectivity index (χ1n) is 13.2. The second kappa shape index (κ2) is 12.0. The van der Waals surface area contributed by atoms with Crippen molar-refractivity contribution < 1.29 is 22.7 Å². The molecule has 3 aromatic carbocycles. The summed E-state index contributed by atoms with van der Waals surface area (Å²) < 4.78 is 37.7. The van der Waals surface area contributed by atoms with Crippen molar-refractivity contribution in [3.05, 3.63) is 106 Å². The van der Waals surface area contributed by atoms with Crippen LogP contribution in [0.2, 0.25) is 0 Å². The molecular formula is C31H29FN4O4S2. The second-order valence-electron chi connectivity index (χ2n) is 10.4. The minimum atomic E-state index is -3.86. The Morgan fingerprint density at radius 3 is 2.45 bits per heavy atom. The molecule has 0 atom stereocenters. The lowest BCUT2D eigenvalue weighted by Crippen LogP contribution is -2.15. The summed E-state index contributed by atoms with van der Waals surface area (Å²) in [4.78, 5) is 20.4. The number of primary sulfonamides is 1. The fourth-order valence-electron chi connectivity index (χ4n) is 4.66. The normalized spacial score (nSPS) is 14.5. The fraction of sp³-hybridized carbons (Fsp3) is 0.194. The third kappa shape index (κ3) is 7.17. The molecule has 1 fully saturated rings. The number of nitrogens with two attached hydrogens (primary N) is 2. The molecule has 1 aromatic heterocycles. The molecule has 0 saturated heterocycles. The number of aromatic carboxylic acids is 1. The van der Waals surface area contributed by atoms with Gasteiger partial charge in [0, 0.05) is 28.8 Å². The van der Waals surface area contributed by atoms with Crippen molar-refractivity contribution in [2.75, 3.05) is 0 Å². The van der Waals surface area contributed by atoms with Gasteiger partial charge < -0.3 is 10.8 Å². The predicted molar refractivity (Wildman–Crippen MR) is 163 cm³/mol. The quantitative estimate of drug-likeness (QED) is 0.187. The van der Waals surface area contributed by atoms with Gasteiger partial charge in [-0.05, 0) is 96.3 Å². The smallest absolute Gasteiger partial charge is 0.355 e. The SMILES string of the molecule is Cc1cc(C(N)=C(Cc2ccc(S(N)(=O)=O)cc2)C(CC2CC2)=Nc2nc(C(=O)O)cs2)cc(-c2cccc(F)c2)c1. The summed E-state index contributed by atoms with van der Waals surface area (Å²) in [6.45, 7) is 1.94. The van der Waals surface area contributed by atoms with Gasteiger partial charge in [-0.3, -0.25) is 0 Å². The molecule has 4 aromatic rings. The first kappa shape index (κ1) is 29.3. The van der Waals surface area contributed by atoms with Crippen molar-refractivity contribution in [2.45, 2.75) is 37.5 Å². The summed E-state index contributed by atoms with van der Waals surface area (Å²) >= 11 is 1.13. The van der Waals surface area contributed by atoms with Crippen LogP contribution in [-0.2, 0) is 16.4 Å². The van der Waals surface area contributed by atoms with Gasteiger partial charge >= 0.3 is 5.97 Å². The number of benzene rings is 3. The van der Waals surface area contributed by atoms with Crippen molar-refractivity contribution >= 4 is 43.9 Å². The molecule has 0 amide bonds. The number of carboxylic acids is 1. The molecule has 0 unspecified atom stereocenters. The third-order valence-electron chi connectivity index (χ3n) is 6.97. The van der Waals surface area contributed by atoms with Gasteiger partial charge in [0.25, 0.3) is 0 Å². The van der Waals surface area contributed by atoms with Gasteiger partial charge in [-0.25, -0.2) is 32.7 Å². The number of carboxylic acid groups (broad SMARTS) is 1. The lowest BCUT2D eigenvalue weighted by molar-refractivity contribution is 0.0691. The van der Waals surface area contributed by atoms with Crippen LogP contribution in [0.25, 0.3) is 16.8 Å². The fourth-order valence-corrected chi connectivity index (χ4v) is 5.86. The summed E-state index contributed by atoms with van der Waals surface area (Å²) in [6.07, 6.45) is 3.03. The van der Waals surface area contributed by atoms with Crippen molar-refractivity contribution in [1.82, 2.24) is 4.98 Å². The Bertz CT molecular complexity index is 1830. The maximum atomic E-state index is 14.0. The average Bonchev–Trinajstić information content (AvgIpc) is 3.63. The Kier molecular flexibility index (Phi) is 8.35. The lowest BCUT2D eigenvalue weighted by Gasteiger charge is -2.17. The number of sulfonamides is 1. The number of rotatable bonds is 10. The molecule has 8 nitrogen and oxygen atoms in total. The maximum absolute atomic E-state index is 14.0. The van der Waals surface area contributed by atoms with Gasteiger partial charge in [0.1, 0.15) is 5.82 Å². The molecule has 11 heteroatoms. The standard InChI is InChI=1S/C31H29FN4O4S2/c1-18-11-22(21-3-2-4-24(32)16-21)15-23(12-18)29(33)26(13-19-7-9-25(10-8-19)42(34,39)40)27(14-20-5-6-20)35-31-36-28(17-41-31)30(37)38/h2-4,7-12,15-17,20H,5-6,13-14,33H2,1H3,(H,37,38)(H2,34,39,40). The van der Waals surface area contributed by atoms with Gasteiger partial charge in [0.05, 0.1) is 4.90 Å². The largest absolute Gasteiger partial charge is 0.476 e. The number of aromatic nitrogens is 1. The molecule has 5 N–H and O–H groups in total. The number of aliphatic imine (C=N–C) groups is 1. The van der Waals surface area contributed by atoms with Crippen LogP contribution in [0.15, 0.2) is 87.6 Å². The first-order chi connectivity index (χ1) is 20.0. The Morgan fingerprint density at radius 1 is 1.10 bits per heavy atom. The van der Waals surface area contributed by atoms with E-state index in [0.717, 1.165) is 46.4 Å². The number of halogens is 1. The Morgan fingerprint density at radius 2 is 1.83 bits per heavy atom. The van der Waals surface area contributed by atoms with Crippen LogP contribution in [-0.4, -0.2) is 30.2 Å².